The van der Waals surface area contributed by atoms with E-state index >= 15 is 0 Å². The minimum absolute atomic E-state index is 0. The lowest BCUT2D eigenvalue weighted by molar-refractivity contribution is 0.188. The van der Waals surface area contributed by atoms with E-state index in [1.807, 2.05) is 6.92 Å². The van der Waals surface area contributed by atoms with E-state index in [1.165, 1.54) is 6.07 Å². The van der Waals surface area contributed by atoms with Crippen molar-refractivity contribution in [2.75, 3.05) is 26.2 Å². The fourth-order valence-corrected chi connectivity index (χ4v) is 2.78. The molecule has 0 radical (unpaired) electrons. The van der Waals surface area contributed by atoms with Crippen molar-refractivity contribution >= 4 is 36.0 Å². The number of carbonyl (C=O) groups excluding carboxylic acids is 1. The van der Waals surface area contributed by atoms with Crippen LogP contribution in [0.3, 0.4) is 0 Å². The van der Waals surface area contributed by atoms with Crippen LogP contribution in [0.15, 0.2) is 23.2 Å². The smallest absolute Gasteiger partial charge is 0.314 e. The van der Waals surface area contributed by atoms with Crippen molar-refractivity contribution in [1.29, 1.82) is 0 Å². The molecule has 6 nitrogen and oxygen atoms in total. The summed E-state index contributed by atoms with van der Waals surface area (Å²) in [5, 5.41) is 6.46. The second kappa shape index (κ2) is 11.1. The molecule has 1 saturated heterocycles. The lowest BCUT2D eigenvalue weighted by atomic mass is 10.1. The van der Waals surface area contributed by atoms with Crippen molar-refractivity contribution in [2.45, 2.75) is 32.2 Å². The standard InChI is InChI=1S/C17H25F2N5O.HI/c1-2-21-17(23-14-6-9-24(10-7-14)16(20)25)22-8-5-12-11-13(18)3-4-15(12)19;/h3-4,11,14H,2,5-10H2,1H3,(H2,20,25)(H2,21,22,23);1H. The Balaban J connectivity index is 0.00000338. The number of aliphatic imine (C=N–C) groups is 1. The van der Waals surface area contributed by atoms with E-state index in [4.69, 9.17) is 5.73 Å². The molecule has 1 fully saturated rings. The Labute approximate surface area is 169 Å². The normalized spacial score (nSPS) is 15.3. The Kier molecular flexibility index (Phi) is 9.60. The monoisotopic (exact) mass is 481 g/mol. The van der Waals surface area contributed by atoms with Gasteiger partial charge in [0.2, 0.25) is 0 Å². The Morgan fingerprint density at radius 2 is 2.04 bits per heavy atom. The zero-order valence-electron chi connectivity index (χ0n) is 14.8. The van der Waals surface area contributed by atoms with Crippen LogP contribution in [-0.2, 0) is 6.42 Å². The topological polar surface area (TPSA) is 82.8 Å². The molecule has 0 saturated carbocycles. The summed E-state index contributed by atoms with van der Waals surface area (Å²) in [7, 11) is 0. The van der Waals surface area contributed by atoms with Crippen molar-refractivity contribution in [3.05, 3.63) is 35.4 Å². The molecular weight excluding hydrogens is 455 g/mol. The Morgan fingerprint density at radius 1 is 1.35 bits per heavy atom. The summed E-state index contributed by atoms with van der Waals surface area (Å²) in [4.78, 5) is 17.2. The highest BCUT2D eigenvalue weighted by atomic mass is 127. The van der Waals surface area contributed by atoms with Gasteiger partial charge in [0.15, 0.2) is 5.96 Å². The second-order valence-electron chi connectivity index (χ2n) is 5.99. The number of hydrogen-bond acceptors (Lipinski definition) is 2. The van der Waals surface area contributed by atoms with Crippen LogP contribution in [0.1, 0.15) is 25.3 Å². The minimum Gasteiger partial charge on any atom is -0.357 e. The van der Waals surface area contributed by atoms with Gasteiger partial charge >= 0.3 is 6.03 Å². The van der Waals surface area contributed by atoms with Gasteiger partial charge in [0.1, 0.15) is 11.6 Å². The number of nitrogens with one attached hydrogen (secondary N) is 2. The Hall–Kier alpha value is -1.65. The molecule has 0 bridgehead atoms. The third kappa shape index (κ3) is 6.93. The first-order chi connectivity index (χ1) is 12.0. The van der Waals surface area contributed by atoms with Crippen LogP contribution in [0.5, 0.6) is 0 Å². The van der Waals surface area contributed by atoms with Gasteiger partial charge in [-0.3, -0.25) is 4.99 Å². The number of primary amides is 1. The number of halogens is 3. The van der Waals surface area contributed by atoms with E-state index in [1.54, 1.807) is 4.90 Å². The lowest BCUT2D eigenvalue weighted by Crippen LogP contribution is -2.50. The predicted octanol–water partition coefficient (Wildman–Crippen LogP) is 2.22. The van der Waals surface area contributed by atoms with Crippen LogP contribution >= 0.6 is 24.0 Å². The minimum atomic E-state index is -0.452. The van der Waals surface area contributed by atoms with Gasteiger partial charge in [0.25, 0.3) is 0 Å². The number of carbonyl (C=O) groups is 1. The molecule has 2 amide bonds. The summed E-state index contributed by atoms with van der Waals surface area (Å²) in [6.45, 7) is 4.22. The van der Waals surface area contributed by atoms with Gasteiger partial charge < -0.3 is 21.3 Å². The van der Waals surface area contributed by atoms with Gasteiger partial charge in [0, 0.05) is 32.2 Å². The molecule has 0 atom stereocenters. The molecule has 1 aromatic carbocycles. The van der Waals surface area contributed by atoms with Gasteiger partial charge in [-0.15, -0.1) is 24.0 Å². The van der Waals surface area contributed by atoms with Crippen LogP contribution in [0, 0.1) is 11.6 Å². The maximum absolute atomic E-state index is 13.6. The third-order valence-electron chi connectivity index (χ3n) is 4.15. The molecule has 0 aliphatic carbocycles. The highest BCUT2D eigenvalue weighted by Gasteiger charge is 2.21. The first kappa shape index (κ1) is 22.4. The summed E-state index contributed by atoms with van der Waals surface area (Å²) in [5.41, 5.74) is 5.59. The zero-order chi connectivity index (χ0) is 18.2. The molecule has 0 spiro atoms. The van der Waals surface area contributed by atoms with E-state index in [0.29, 0.717) is 44.1 Å². The maximum atomic E-state index is 13.6. The van der Waals surface area contributed by atoms with E-state index in [9.17, 15) is 13.6 Å². The molecule has 1 aromatic rings. The number of nitrogens with zero attached hydrogens (tertiary/aromatic N) is 2. The number of urea groups is 1. The number of rotatable bonds is 5. The summed E-state index contributed by atoms with van der Waals surface area (Å²) in [5.74, 6) is -0.239. The largest absolute Gasteiger partial charge is 0.357 e. The number of benzene rings is 1. The third-order valence-corrected chi connectivity index (χ3v) is 4.15. The average Bonchev–Trinajstić information content (AvgIpc) is 2.58. The molecule has 1 heterocycles. The zero-order valence-corrected chi connectivity index (χ0v) is 17.1. The van der Waals surface area contributed by atoms with Gasteiger partial charge in [-0.05, 0) is 49.9 Å². The molecule has 0 aromatic heterocycles. The summed E-state index contributed by atoms with van der Waals surface area (Å²) in [6, 6.07) is 3.23. The molecule has 1 aliphatic rings. The molecule has 9 heteroatoms. The fraction of sp³-hybridized carbons (Fsp3) is 0.529. The summed E-state index contributed by atoms with van der Waals surface area (Å²) >= 11 is 0. The van der Waals surface area contributed by atoms with Crippen LogP contribution in [0.25, 0.3) is 0 Å². The van der Waals surface area contributed by atoms with Crippen molar-refractivity contribution in [2.24, 2.45) is 10.7 Å². The molecule has 1 aliphatic heterocycles. The number of guanidine groups is 1. The lowest BCUT2D eigenvalue weighted by Gasteiger charge is -2.32. The highest BCUT2D eigenvalue weighted by molar-refractivity contribution is 14.0. The van der Waals surface area contributed by atoms with E-state index in [2.05, 4.69) is 15.6 Å². The van der Waals surface area contributed by atoms with E-state index < -0.39 is 17.7 Å². The molecule has 146 valence electrons. The molecule has 26 heavy (non-hydrogen) atoms. The summed E-state index contributed by atoms with van der Waals surface area (Å²) in [6.07, 6.45) is 1.89. The molecular formula is C17H26F2IN5O. The molecule has 2 rings (SSSR count). The van der Waals surface area contributed by atoms with Gasteiger partial charge in [-0.2, -0.15) is 0 Å². The van der Waals surface area contributed by atoms with Crippen LogP contribution < -0.4 is 16.4 Å². The number of hydrogen-bond donors (Lipinski definition) is 3. The van der Waals surface area contributed by atoms with Crippen LogP contribution in [0.2, 0.25) is 0 Å². The Morgan fingerprint density at radius 3 is 2.65 bits per heavy atom. The maximum Gasteiger partial charge on any atom is 0.314 e. The average molecular weight is 481 g/mol. The molecule has 0 unspecified atom stereocenters. The van der Waals surface area contributed by atoms with Crippen molar-refractivity contribution in [1.82, 2.24) is 15.5 Å². The predicted molar refractivity (Wildman–Crippen MR) is 109 cm³/mol. The second-order valence-corrected chi connectivity index (χ2v) is 5.99. The van der Waals surface area contributed by atoms with Crippen molar-refractivity contribution in [3.8, 4) is 0 Å². The van der Waals surface area contributed by atoms with Crippen LogP contribution in [0.4, 0.5) is 13.6 Å². The molecule has 4 N–H and O–H groups in total. The van der Waals surface area contributed by atoms with E-state index in [-0.39, 0.29) is 30.0 Å². The Bertz CT molecular complexity index is 621. The SMILES string of the molecule is CCNC(=NCCc1cc(F)ccc1F)NC1CCN(C(N)=O)CC1.I. The summed E-state index contributed by atoms with van der Waals surface area (Å²) < 4.78 is 26.8. The van der Waals surface area contributed by atoms with Gasteiger partial charge in [-0.1, -0.05) is 0 Å². The van der Waals surface area contributed by atoms with Crippen LogP contribution in [-0.4, -0.2) is 49.1 Å². The number of piperidine rings is 1. The fourth-order valence-electron chi connectivity index (χ4n) is 2.78. The highest BCUT2D eigenvalue weighted by Crippen LogP contribution is 2.11. The first-order valence-electron chi connectivity index (χ1n) is 8.52. The number of likely N-dealkylation sites (tertiary alicyclic amines) is 1. The number of amides is 2. The van der Waals surface area contributed by atoms with Crippen molar-refractivity contribution < 1.29 is 13.6 Å². The van der Waals surface area contributed by atoms with Gasteiger partial charge in [-0.25, -0.2) is 13.6 Å². The number of nitrogens with two attached hydrogens (primary N) is 1. The first-order valence-corrected chi connectivity index (χ1v) is 8.52. The van der Waals surface area contributed by atoms with E-state index in [0.717, 1.165) is 25.0 Å². The van der Waals surface area contributed by atoms with Crippen molar-refractivity contribution in [3.63, 3.8) is 0 Å². The quantitative estimate of drug-likeness (QED) is 0.343. The van der Waals surface area contributed by atoms with Gasteiger partial charge in [0.05, 0.1) is 0 Å².